The molecule has 0 atom stereocenters. The Hall–Kier alpha value is -2.26. The molecule has 8 nitrogen and oxygen atoms in total. The van der Waals surface area contributed by atoms with Gasteiger partial charge in [-0.1, -0.05) is 5.16 Å². The van der Waals surface area contributed by atoms with Crippen molar-refractivity contribution in [1.29, 1.82) is 0 Å². The average molecular weight is 296 g/mol. The molecule has 9 heteroatoms. The molecule has 0 unspecified atom stereocenters. The van der Waals surface area contributed by atoms with Gasteiger partial charge in [-0.15, -0.1) is 11.3 Å². The summed E-state index contributed by atoms with van der Waals surface area (Å²) in [5, 5.41) is 6.14. The van der Waals surface area contributed by atoms with Crippen LogP contribution in [-0.2, 0) is 17.9 Å². The van der Waals surface area contributed by atoms with E-state index >= 15 is 0 Å². The van der Waals surface area contributed by atoms with Gasteiger partial charge in [0.15, 0.2) is 5.82 Å². The normalized spacial score (nSPS) is 10.4. The van der Waals surface area contributed by atoms with Gasteiger partial charge in [-0.2, -0.15) is 4.98 Å². The topological polar surface area (TPSA) is 120 Å². The Morgan fingerprint density at radius 2 is 2.30 bits per heavy atom. The van der Waals surface area contributed by atoms with Crippen LogP contribution in [0.4, 0.5) is 0 Å². The molecule has 0 saturated carbocycles. The first kappa shape index (κ1) is 14.2. The lowest BCUT2D eigenvalue weighted by Crippen LogP contribution is -2.22. The highest BCUT2D eigenvalue weighted by Crippen LogP contribution is 2.17. The van der Waals surface area contributed by atoms with Crippen LogP contribution in [0.1, 0.15) is 31.1 Å². The zero-order chi connectivity index (χ0) is 14.5. The van der Waals surface area contributed by atoms with Crippen LogP contribution in [0.5, 0.6) is 0 Å². The molecule has 20 heavy (non-hydrogen) atoms. The van der Waals surface area contributed by atoms with Gasteiger partial charge in [0.25, 0.3) is 5.91 Å². The van der Waals surface area contributed by atoms with E-state index in [1.165, 1.54) is 11.3 Å². The fourth-order valence-electron chi connectivity index (χ4n) is 1.39. The molecular weight excluding hydrogens is 284 g/mol. The lowest BCUT2D eigenvalue weighted by atomic mass is 10.4. The first-order chi connectivity index (χ1) is 9.60. The number of aromatic nitrogens is 2. The van der Waals surface area contributed by atoms with Gasteiger partial charge in [0.1, 0.15) is 0 Å². The fraction of sp³-hybridized carbons (Fsp3) is 0.273. The van der Waals surface area contributed by atoms with E-state index in [0.717, 1.165) is 4.88 Å². The van der Waals surface area contributed by atoms with E-state index in [-0.39, 0.29) is 24.2 Å². The van der Waals surface area contributed by atoms with Gasteiger partial charge in [0.2, 0.25) is 0 Å². The molecule has 0 aliphatic heterocycles. The molecule has 3 N–H and O–H groups in total. The van der Waals surface area contributed by atoms with E-state index in [1.54, 1.807) is 13.2 Å². The van der Waals surface area contributed by atoms with Crippen molar-refractivity contribution in [3.8, 4) is 0 Å². The number of methoxy groups -OCH3 is 1. The summed E-state index contributed by atoms with van der Waals surface area (Å²) >= 11 is 1.34. The maximum atomic E-state index is 11.9. The van der Waals surface area contributed by atoms with E-state index in [2.05, 4.69) is 20.0 Å². The number of primary amides is 1. The molecule has 0 bridgehead atoms. The van der Waals surface area contributed by atoms with Crippen LogP contribution in [0.15, 0.2) is 16.7 Å². The van der Waals surface area contributed by atoms with E-state index < -0.39 is 5.91 Å². The van der Waals surface area contributed by atoms with Gasteiger partial charge in [-0.3, -0.25) is 9.59 Å². The monoisotopic (exact) mass is 296 g/mol. The molecule has 0 spiro atoms. The molecule has 2 heterocycles. The zero-order valence-corrected chi connectivity index (χ0v) is 11.4. The Kier molecular flexibility index (Phi) is 4.43. The summed E-state index contributed by atoms with van der Waals surface area (Å²) < 4.78 is 9.58. The zero-order valence-electron chi connectivity index (χ0n) is 10.6. The van der Waals surface area contributed by atoms with Crippen LogP contribution in [0.3, 0.4) is 0 Å². The third-order valence-corrected chi connectivity index (χ3v) is 3.32. The Bertz CT molecular complexity index is 621. The SMILES string of the molecule is COCc1ccc(C(=O)NCc2noc(C(N)=O)n2)s1. The molecule has 0 aromatic carbocycles. The molecule has 0 aliphatic rings. The van der Waals surface area contributed by atoms with Gasteiger partial charge in [-0.05, 0) is 12.1 Å². The average Bonchev–Trinajstić information content (AvgIpc) is 3.05. The van der Waals surface area contributed by atoms with Gasteiger partial charge in [0.05, 0.1) is 18.0 Å². The smallest absolute Gasteiger partial charge is 0.315 e. The Morgan fingerprint density at radius 1 is 1.50 bits per heavy atom. The van der Waals surface area contributed by atoms with E-state index in [4.69, 9.17) is 10.5 Å². The first-order valence-electron chi connectivity index (χ1n) is 5.58. The van der Waals surface area contributed by atoms with Crippen LogP contribution in [-0.4, -0.2) is 29.1 Å². The van der Waals surface area contributed by atoms with Crippen molar-refractivity contribution in [2.24, 2.45) is 5.73 Å². The second-order valence-corrected chi connectivity index (χ2v) is 4.93. The third-order valence-electron chi connectivity index (χ3n) is 2.26. The fourth-order valence-corrected chi connectivity index (χ4v) is 2.29. The van der Waals surface area contributed by atoms with Crippen molar-refractivity contribution in [3.63, 3.8) is 0 Å². The molecule has 2 amide bonds. The van der Waals surface area contributed by atoms with Crippen molar-refractivity contribution < 1.29 is 18.8 Å². The number of hydrogen-bond acceptors (Lipinski definition) is 7. The summed E-state index contributed by atoms with van der Waals surface area (Å²) in [5.74, 6) is -1.17. The number of thiophene rings is 1. The predicted octanol–water partition coefficient (Wildman–Crippen LogP) is 0.306. The van der Waals surface area contributed by atoms with Gasteiger partial charge in [0, 0.05) is 12.0 Å². The molecule has 0 fully saturated rings. The third kappa shape index (κ3) is 3.39. The number of nitrogens with zero attached hydrogens (tertiary/aromatic N) is 2. The molecule has 0 radical (unpaired) electrons. The first-order valence-corrected chi connectivity index (χ1v) is 6.40. The van der Waals surface area contributed by atoms with Crippen LogP contribution < -0.4 is 11.1 Å². The number of ether oxygens (including phenoxy) is 1. The van der Waals surface area contributed by atoms with E-state index in [0.29, 0.717) is 11.5 Å². The summed E-state index contributed by atoms with van der Waals surface area (Å²) in [6, 6.07) is 3.53. The van der Waals surface area contributed by atoms with Gasteiger partial charge >= 0.3 is 11.8 Å². The molecule has 106 valence electrons. The highest BCUT2D eigenvalue weighted by molar-refractivity contribution is 7.14. The highest BCUT2D eigenvalue weighted by atomic mass is 32.1. The van der Waals surface area contributed by atoms with Crippen LogP contribution >= 0.6 is 11.3 Å². The number of carbonyl (C=O) groups is 2. The van der Waals surface area contributed by atoms with Crippen molar-refractivity contribution >= 4 is 23.2 Å². The van der Waals surface area contributed by atoms with Crippen molar-refractivity contribution in [2.75, 3.05) is 7.11 Å². The van der Waals surface area contributed by atoms with Gasteiger partial charge < -0.3 is 20.3 Å². The summed E-state index contributed by atoms with van der Waals surface area (Å²) in [5.41, 5.74) is 4.97. The summed E-state index contributed by atoms with van der Waals surface area (Å²) in [4.78, 5) is 27.9. The second-order valence-electron chi connectivity index (χ2n) is 3.76. The van der Waals surface area contributed by atoms with Crippen molar-refractivity contribution in [1.82, 2.24) is 15.5 Å². The van der Waals surface area contributed by atoms with Crippen molar-refractivity contribution in [2.45, 2.75) is 13.2 Å². The summed E-state index contributed by atoms with van der Waals surface area (Å²) in [7, 11) is 1.59. The molecular formula is C11H12N4O4S. The number of nitrogens with two attached hydrogens (primary N) is 1. The van der Waals surface area contributed by atoms with Crippen LogP contribution in [0.2, 0.25) is 0 Å². The Morgan fingerprint density at radius 3 is 2.95 bits per heavy atom. The van der Waals surface area contributed by atoms with Gasteiger partial charge in [-0.25, -0.2) is 0 Å². The maximum absolute atomic E-state index is 11.9. The lowest BCUT2D eigenvalue weighted by Gasteiger charge is -1.98. The molecule has 2 aromatic rings. The molecule has 0 saturated heterocycles. The number of carbonyl (C=O) groups excluding carboxylic acids is 2. The highest BCUT2D eigenvalue weighted by Gasteiger charge is 2.13. The van der Waals surface area contributed by atoms with Crippen molar-refractivity contribution in [3.05, 3.63) is 33.6 Å². The Labute approximate surface area is 117 Å². The summed E-state index contributed by atoms with van der Waals surface area (Å²) in [6.07, 6.45) is 0. The minimum absolute atomic E-state index is 0.0487. The Balaban J connectivity index is 1.91. The molecule has 2 rings (SSSR count). The minimum atomic E-state index is -0.808. The van der Waals surface area contributed by atoms with Crippen LogP contribution in [0, 0.1) is 0 Å². The van der Waals surface area contributed by atoms with E-state index in [1.807, 2.05) is 6.07 Å². The maximum Gasteiger partial charge on any atom is 0.315 e. The molecule has 0 aliphatic carbocycles. The quantitative estimate of drug-likeness (QED) is 0.791. The molecule has 2 aromatic heterocycles. The summed E-state index contributed by atoms with van der Waals surface area (Å²) in [6.45, 7) is 0.512. The number of rotatable bonds is 6. The number of hydrogen-bond donors (Lipinski definition) is 2. The lowest BCUT2D eigenvalue weighted by molar-refractivity contribution is 0.0946. The minimum Gasteiger partial charge on any atom is -0.379 e. The second kappa shape index (κ2) is 6.26. The number of nitrogens with one attached hydrogen (secondary N) is 1. The number of amides is 2. The van der Waals surface area contributed by atoms with Crippen LogP contribution in [0.25, 0.3) is 0 Å². The largest absolute Gasteiger partial charge is 0.379 e. The van der Waals surface area contributed by atoms with E-state index in [9.17, 15) is 9.59 Å². The predicted molar refractivity (Wildman–Crippen MR) is 69.0 cm³/mol. The standard InChI is InChI=1S/C11H12N4O4S/c1-18-5-6-2-3-7(20-6)10(17)13-4-8-14-11(9(12)16)19-15-8/h2-3H,4-5H2,1H3,(H2,12,16)(H,13,17).